The van der Waals surface area contributed by atoms with E-state index in [1.807, 2.05) is 0 Å². The van der Waals surface area contributed by atoms with Crippen LogP contribution in [-0.4, -0.2) is 37.3 Å². The first-order chi connectivity index (χ1) is 15.3. The number of amidine groups is 1. The van der Waals surface area contributed by atoms with Crippen molar-refractivity contribution in [2.75, 3.05) is 7.11 Å². The smallest absolute Gasteiger partial charge is 0.329 e. The molecule has 0 radical (unpaired) electrons. The van der Waals surface area contributed by atoms with Gasteiger partial charge in [-0.15, -0.1) is 0 Å². The van der Waals surface area contributed by atoms with Gasteiger partial charge in [-0.1, -0.05) is 53.8 Å². The third-order valence-corrected chi connectivity index (χ3v) is 4.52. The summed E-state index contributed by atoms with van der Waals surface area (Å²) in [6.07, 6.45) is 2.78. The maximum Gasteiger partial charge on any atom is 0.329 e. The van der Waals surface area contributed by atoms with Crippen LogP contribution in [0.2, 0.25) is 10.0 Å². The van der Waals surface area contributed by atoms with Gasteiger partial charge in [-0.2, -0.15) is 0 Å². The Morgan fingerprint density at radius 3 is 2.47 bits per heavy atom. The van der Waals surface area contributed by atoms with E-state index in [1.165, 1.54) is 31.5 Å². The van der Waals surface area contributed by atoms with Gasteiger partial charge in [0.25, 0.3) is 5.91 Å². The number of aliphatic imine (C=N–C) groups is 1. The molecule has 0 aliphatic carbocycles. The minimum Gasteiger partial charge on any atom is -0.467 e. The van der Waals surface area contributed by atoms with Crippen LogP contribution in [0.15, 0.2) is 60.1 Å². The number of methoxy groups -OCH3 is 1. The number of hydrogen-bond donors (Lipinski definition) is 2. The van der Waals surface area contributed by atoms with Crippen molar-refractivity contribution in [3.05, 3.63) is 76.3 Å². The Kier molecular flexibility index (Phi) is 9.48. The summed E-state index contributed by atoms with van der Waals surface area (Å²) in [5, 5.41) is 10.4. The number of nitrogens with one attached hydrogen (secondary N) is 2. The maximum atomic E-state index is 12.6. The Morgan fingerprint density at radius 1 is 1.22 bits per heavy atom. The highest BCUT2D eigenvalue weighted by Gasteiger charge is 2.23. The lowest BCUT2D eigenvalue weighted by atomic mass is 10.1. The van der Waals surface area contributed by atoms with Crippen LogP contribution in [0, 0.1) is 17.3 Å². The molecule has 0 aromatic heterocycles. The van der Waals surface area contributed by atoms with Crippen molar-refractivity contribution in [2.45, 2.75) is 12.5 Å². The molecule has 0 saturated heterocycles. The van der Waals surface area contributed by atoms with E-state index in [1.54, 1.807) is 30.3 Å². The van der Waals surface area contributed by atoms with Gasteiger partial charge in [-0.25, -0.2) is 15.2 Å². The molecule has 2 N–H and O–H groups in total. The summed E-state index contributed by atoms with van der Waals surface area (Å²) in [6.45, 7) is 3.47. The number of amides is 1. The third-order valence-electron chi connectivity index (χ3n) is 3.89. The standard InChI is InChI=1S/C23H19Cl2N3O4/c1-3-14-27-23(26)32-16-12-10-15(11-13-16)6-4-9-19(22(30)31-2)28-21(29)20-17(24)7-5-8-18(20)25/h3,5,7-8,10-14,19,26H,1,9H2,2H3,(H,28,29)/b26-23?,27-14-. The zero-order valence-electron chi connectivity index (χ0n) is 17.0. The first kappa shape index (κ1) is 24.7. The lowest BCUT2D eigenvalue weighted by Crippen LogP contribution is -2.41. The quantitative estimate of drug-likeness (QED) is 0.284. The van der Waals surface area contributed by atoms with Crippen molar-refractivity contribution < 1.29 is 19.1 Å². The Labute approximate surface area is 195 Å². The molecule has 164 valence electrons. The van der Waals surface area contributed by atoms with Gasteiger partial charge < -0.3 is 14.8 Å². The molecule has 32 heavy (non-hydrogen) atoms. The molecule has 0 bridgehead atoms. The average Bonchev–Trinajstić information content (AvgIpc) is 2.77. The summed E-state index contributed by atoms with van der Waals surface area (Å²) in [7, 11) is 1.22. The number of allylic oxidation sites excluding steroid dienone is 1. The van der Waals surface area contributed by atoms with Crippen LogP contribution in [-0.2, 0) is 9.53 Å². The molecule has 0 aliphatic heterocycles. The predicted molar refractivity (Wildman–Crippen MR) is 125 cm³/mol. The zero-order valence-corrected chi connectivity index (χ0v) is 18.5. The Balaban J connectivity index is 2.06. The molecular weight excluding hydrogens is 453 g/mol. The normalized spacial score (nSPS) is 11.1. The first-order valence-corrected chi connectivity index (χ1v) is 9.94. The average molecular weight is 472 g/mol. The largest absolute Gasteiger partial charge is 0.467 e. The second-order valence-electron chi connectivity index (χ2n) is 6.10. The lowest BCUT2D eigenvalue weighted by Gasteiger charge is -2.15. The van der Waals surface area contributed by atoms with E-state index in [2.05, 4.69) is 28.7 Å². The molecule has 1 atom stereocenters. The monoisotopic (exact) mass is 471 g/mol. The summed E-state index contributed by atoms with van der Waals surface area (Å²) in [5.41, 5.74) is 0.707. The minimum absolute atomic E-state index is 0.000347. The molecule has 2 aromatic carbocycles. The van der Waals surface area contributed by atoms with Crippen LogP contribution in [0.1, 0.15) is 22.3 Å². The highest BCUT2D eigenvalue weighted by atomic mass is 35.5. The van der Waals surface area contributed by atoms with Crippen LogP contribution in [0.5, 0.6) is 5.75 Å². The van der Waals surface area contributed by atoms with Gasteiger partial charge in [0.2, 0.25) is 0 Å². The van der Waals surface area contributed by atoms with Gasteiger partial charge in [0.05, 0.1) is 22.7 Å². The van der Waals surface area contributed by atoms with Crippen molar-refractivity contribution in [3.63, 3.8) is 0 Å². The van der Waals surface area contributed by atoms with Crippen molar-refractivity contribution in [1.82, 2.24) is 5.32 Å². The number of carbonyl (C=O) groups is 2. The SMILES string of the molecule is C=C/C=N\C(=N)Oc1ccc(C#CCC(NC(=O)c2c(Cl)cccc2Cl)C(=O)OC)cc1. The number of esters is 1. The van der Waals surface area contributed by atoms with Crippen LogP contribution in [0.4, 0.5) is 0 Å². The van der Waals surface area contributed by atoms with Gasteiger partial charge in [0, 0.05) is 18.2 Å². The van der Waals surface area contributed by atoms with E-state index >= 15 is 0 Å². The Hall–Kier alpha value is -3.60. The topological polar surface area (TPSA) is 101 Å². The highest BCUT2D eigenvalue weighted by Crippen LogP contribution is 2.24. The second kappa shape index (κ2) is 12.3. The number of halogens is 2. The van der Waals surface area contributed by atoms with Gasteiger partial charge in [0.15, 0.2) is 0 Å². The van der Waals surface area contributed by atoms with Gasteiger partial charge in [0.1, 0.15) is 11.8 Å². The fraction of sp³-hybridized carbons (Fsp3) is 0.130. The summed E-state index contributed by atoms with van der Waals surface area (Å²) in [5.74, 6) is 4.88. The summed E-state index contributed by atoms with van der Waals surface area (Å²) in [6, 6.07) is 9.98. The van der Waals surface area contributed by atoms with Gasteiger partial charge >= 0.3 is 12.0 Å². The zero-order chi connectivity index (χ0) is 23.5. The second-order valence-corrected chi connectivity index (χ2v) is 6.91. The van der Waals surface area contributed by atoms with E-state index in [0.717, 1.165) is 0 Å². The number of benzene rings is 2. The molecule has 0 fully saturated rings. The number of hydrogen-bond acceptors (Lipinski definition) is 5. The molecule has 0 aliphatic rings. The molecule has 0 saturated carbocycles. The van der Waals surface area contributed by atoms with Crippen molar-refractivity contribution >= 4 is 47.3 Å². The Bertz CT molecular complexity index is 1080. The summed E-state index contributed by atoms with van der Waals surface area (Å²) in [4.78, 5) is 28.4. The molecule has 1 unspecified atom stereocenters. The highest BCUT2D eigenvalue weighted by molar-refractivity contribution is 6.39. The predicted octanol–water partition coefficient (Wildman–Crippen LogP) is 4.28. The van der Waals surface area contributed by atoms with Gasteiger partial charge in [-0.3, -0.25) is 4.79 Å². The molecule has 2 aromatic rings. The first-order valence-electron chi connectivity index (χ1n) is 9.18. The molecule has 0 heterocycles. The number of carbonyl (C=O) groups excluding carboxylic acids is 2. The molecule has 0 spiro atoms. The molecular formula is C23H19Cl2N3O4. The lowest BCUT2D eigenvalue weighted by molar-refractivity contribution is -0.142. The van der Waals surface area contributed by atoms with Gasteiger partial charge in [-0.05, 0) is 36.4 Å². The molecule has 2 rings (SSSR count). The maximum absolute atomic E-state index is 12.6. The van der Waals surface area contributed by atoms with E-state index < -0.39 is 17.9 Å². The van der Waals surface area contributed by atoms with E-state index in [9.17, 15) is 9.59 Å². The summed E-state index contributed by atoms with van der Waals surface area (Å²) >= 11 is 12.1. The van der Waals surface area contributed by atoms with Crippen LogP contribution in [0.3, 0.4) is 0 Å². The molecule has 7 nitrogen and oxygen atoms in total. The molecule has 1 amide bonds. The molecule has 9 heteroatoms. The van der Waals surface area contributed by atoms with Crippen molar-refractivity contribution in [1.29, 1.82) is 5.41 Å². The minimum atomic E-state index is -1.02. The van der Waals surface area contributed by atoms with Crippen LogP contribution < -0.4 is 10.1 Å². The van der Waals surface area contributed by atoms with E-state index in [-0.39, 0.29) is 28.1 Å². The van der Waals surface area contributed by atoms with Crippen LogP contribution >= 0.6 is 23.2 Å². The van der Waals surface area contributed by atoms with Crippen LogP contribution in [0.25, 0.3) is 0 Å². The van der Waals surface area contributed by atoms with E-state index in [4.69, 9.17) is 38.1 Å². The van der Waals surface area contributed by atoms with Crippen molar-refractivity contribution in [3.8, 4) is 17.6 Å². The fourth-order valence-corrected chi connectivity index (χ4v) is 2.97. The third kappa shape index (κ3) is 7.27. The number of nitrogens with zero attached hydrogens (tertiary/aromatic N) is 1. The number of ether oxygens (including phenoxy) is 2. The van der Waals surface area contributed by atoms with Crippen molar-refractivity contribution in [2.24, 2.45) is 4.99 Å². The van der Waals surface area contributed by atoms with E-state index in [0.29, 0.717) is 11.3 Å². The Morgan fingerprint density at radius 2 is 1.88 bits per heavy atom. The fourth-order valence-electron chi connectivity index (χ4n) is 2.40. The summed E-state index contributed by atoms with van der Waals surface area (Å²) < 4.78 is 9.98. The number of rotatable bonds is 6.